The lowest BCUT2D eigenvalue weighted by molar-refractivity contribution is 0.713. The van der Waals surface area contributed by atoms with Crippen LogP contribution in [0.3, 0.4) is 0 Å². The quantitative estimate of drug-likeness (QED) is 0.693. The Bertz CT molecular complexity index is 1090. The third-order valence-electron chi connectivity index (χ3n) is 4.24. The number of aromatic nitrogens is 1. The van der Waals surface area contributed by atoms with Gasteiger partial charge in [0.05, 0.1) is 26.3 Å². The predicted octanol–water partition coefficient (Wildman–Crippen LogP) is 3.52. The first kappa shape index (κ1) is 16.2. The van der Waals surface area contributed by atoms with Crippen molar-refractivity contribution in [3.8, 4) is 0 Å². The van der Waals surface area contributed by atoms with E-state index in [0.717, 1.165) is 22.4 Å². The maximum atomic E-state index is 4.84. The van der Waals surface area contributed by atoms with Crippen LogP contribution in [0.25, 0.3) is 11.6 Å². The highest BCUT2D eigenvalue weighted by molar-refractivity contribution is 8.08. The molecule has 0 unspecified atom stereocenters. The lowest BCUT2D eigenvalue weighted by Gasteiger charge is -2.12. The summed E-state index contributed by atoms with van der Waals surface area (Å²) < 4.78 is 3.39. The van der Waals surface area contributed by atoms with Crippen LogP contribution in [-0.2, 0) is 6.54 Å². The molecule has 0 bridgehead atoms. The van der Waals surface area contributed by atoms with E-state index in [0.29, 0.717) is 0 Å². The minimum atomic E-state index is 0.857. The predicted molar refractivity (Wildman–Crippen MR) is 109 cm³/mol. The third kappa shape index (κ3) is 2.83. The number of thioether (sulfide) groups is 1. The number of hydrogen-bond donors (Lipinski definition) is 0. The molecule has 0 atom stereocenters. The van der Waals surface area contributed by atoms with Gasteiger partial charge in [0.1, 0.15) is 0 Å². The van der Waals surface area contributed by atoms with Crippen molar-refractivity contribution in [2.45, 2.75) is 18.4 Å². The summed E-state index contributed by atoms with van der Waals surface area (Å²) in [6.07, 6.45) is 0. The van der Waals surface area contributed by atoms with Gasteiger partial charge in [-0.25, -0.2) is 4.99 Å². The Morgan fingerprint density at radius 2 is 1.76 bits per heavy atom. The zero-order valence-corrected chi connectivity index (χ0v) is 15.9. The van der Waals surface area contributed by atoms with Crippen LogP contribution in [0.15, 0.2) is 64.5 Å². The highest BCUT2D eigenvalue weighted by atomic mass is 32.2. The number of benzene rings is 2. The molecule has 0 spiro atoms. The third-order valence-corrected chi connectivity index (χ3v) is 6.73. The second kappa shape index (κ2) is 6.58. The van der Waals surface area contributed by atoms with E-state index in [-0.39, 0.29) is 0 Å². The fraction of sp³-hybridized carbons (Fsp3) is 0.150. The molecule has 0 aliphatic carbocycles. The molecule has 0 amide bonds. The van der Waals surface area contributed by atoms with Crippen molar-refractivity contribution in [2.24, 2.45) is 4.99 Å². The Labute approximate surface area is 155 Å². The zero-order valence-electron chi connectivity index (χ0n) is 14.3. The second-order valence-electron chi connectivity index (χ2n) is 5.79. The smallest absolute Gasteiger partial charge is 0.191 e. The van der Waals surface area contributed by atoms with Gasteiger partial charge in [-0.3, -0.25) is 0 Å². The molecule has 0 radical (unpaired) electrons. The van der Waals surface area contributed by atoms with E-state index < -0.39 is 0 Å². The summed E-state index contributed by atoms with van der Waals surface area (Å²) in [4.78, 5) is 9.38. The van der Waals surface area contributed by atoms with Gasteiger partial charge >= 0.3 is 0 Å². The molecule has 25 heavy (non-hydrogen) atoms. The van der Waals surface area contributed by atoms with Crippen LogP contribution in [0.5, 0.6) is 0 Å². The number of hydrogen-bond acceptors (Lipinski definition) is 4. The molecular formula is C20H19N3S2. The summed E-state index contributed by atoms with van der Waals surface area (Å²) >= 11 is 3.52. The second-order valence-corrected chi connectivity index (χ2v) is 7.79. The first-order valence-electron chi connectivity index (χ1n) is 8.22. The summed E-state index contributed by atoms with van der Waals surface area (Å²) in [6, 6.07) is 18.6. The van der Waals surface area contributed by atoms with E-state index in [4.69, 9.17) is 4.99 Å². The molecule has 2 heterocycles. The molecule has 4 rings (SSSR count). The van der Waals surface area contributed by atoms with Crippen LogP contribution >= 0.6 is 23.1 Å². The Morgan fingerprint density at radius 1 is 1.04 bits per heavy atom. The number of thiazole rings is 1. The van der Waals surface area contributed by atoms with Gasteiger partial charge in [-0.15, -0.1) is 0 Å². The molecule has 3 nitrogen and oxygen atoms in total. The summed E-state index contributed by atoms with van der Waals surface area (Å²) in [5.74, 6) is 0. The molecular weight excluding hydrogens is 346 g/mol. The van der Waals surface area contributed by atoms with Gasteiger partial charge in [0, 0.05) is 18.5 Å². The van der Waals surface area contributed by atoms with Crippen LogP contribution in [-0.4, -0.2) is 11.6 Å². The molecule has 1 aliphatic rings. The van der Waals surface area contributed by atoms with E-state index in [9.17, 15) is 0 Å². The lowest BCUT2D eigenvalue weighted by atomic mass is 10.3. The van der Waals surface area contributed by atoms with Gasteiger partial charge < -0.3 is 9.47 Å². The van der Waals surface area contributed by atoms with E-state index in [1.807, 2.05) is 42.1 Å². The van der Waals surface area contributed by atoms with Crippen molar-refractivity contribution < 1.29 is 0 Å². The molecule has 3 aromatic rings. The van der Waals surface area contributed by atoms with Gasteiger partial charge in [-0.2, -0.15) is 0 Å². The molecule has 0 saturated heterocycles. The Kier molecular flexibility index (Phi) is 4.27. The molecule has 0 N–H and O–H groups in total. The highest BCUT2D eigenvalue weighted by Crippen LogP contribution is 2.44. The average molecular weight is 366 g/mol. The molecule has 5 heteroatoms. The van der Waals surface area contributed by atoms with Crippen LogP contribution in [0.1, 0.15) is 6.92 Å². The fourth-order valence-electron chi connectivity index (χ4n) is 2.93. The van der Waals surface area contributed by atoms with Crippen molar-refractivity contribution in [1.29, 1.82) is 0 Å². The van der Waals surface area contributed by atoms with Crippen LogP contribution < -0.4 is 19.6 Å². The molecule has 1 aliphatic heterocycles. The van der Waals surface area contributed by atoms with E-state index in [2.05, 4.69) is 54.3 Å². The Balaban J connectivity index is 1.94. The number of rotatable bonds is 2. The monoisotopic (exact) mass is 365 g/mol. The highest BCUT2D eigenvalue weighted by Gasteiger charge is 2.23. The maximum absolute atomic E-state index is 4.84. The summed E-state index contributed by atoms with van der Waals surface area (Å²) in [7, 11) is 2.12. The van der Waals surface area contributed by atoms with Gasteiger partial charge in [0.25, 0.3) is 0 Å². The van der Waals surface area contributed by atoms with Crippen LogP contribution in [0, 0.1) is 0 Å². The minimum absolute atomic E-state index is 0.857. The van der Waals surface area contributed by atoms with Gasteiger partial charge in [0.2, 0.25) is 0 Å². The van der Waals surface area contributed by atoms with Crippen molar-refractivity contribution in [1.82, 2.24) is 4.57 Å². The van der Waals surface area contributed by atoms with E-state index in [1.54, 1.807) is 11.3 Å². The number of para-hydroxylation sites is 2. The van der Waals surface area contributed by atoms with Crippen molar-refractivity contribution in [3.05, 3.63) is 69.3 Å². The molecule has 2 aromatic carbocycles. The van der Waals surface area contributed by atoms with Crippen molar-refractivity contribution in [2.75, 3.05) is 11.9 Å². The number of fused-ring (bicyclic) bond motifs is 1. The molecule has 0 fully saturated rings. The van der Waals surface area contributed by atoms with E-state index >= 15 is 0 Å². The SMILES string of the molecule is C=c1/c(=C2\Sc3ccccc3N2C)sc(=Nc2ccccc2)n1CC. The van der Waals surface area contributed by atoms with Gasteiger partial charge in [-0.05, 0) is 31.2 Å². The topological polar surface area (TPSA) is 20.5 Å². The van der Waals surface area contributed by atoms with E-state index in [1.165, 1.54) is 20.1 Å². The molecule has 1 aromatic heterocycles. The normalized spacial score (nSPS) is 16.4. The summed E-state index contributed by atoms with van der Waals surface area (Å²) in [6.45, 7) is 7.34. The number of anilines is 1. The van der Waals surface area contributed by atoms with Crippen LogP contribution in [0.4, 0.5) is 11.4 Å². The maximum Gasteiger partial charge on any atom is 0.191 e. The number of nitrogens with zero attached hydrogens (tertiary/aromatic N) is 3. The van der Waals surface area contributed by atoms with Crippen molar-refractivity contribution in [3.63, 3.8) is 0 Å². The fourth-order valence-corrected chi connectivity index (χ4v) is 5.43. The standard InChI is InChI=1S/C20H19N3S2/c1-4-23-14(2)18(25-20(23)21-15-10-6-5-7-11-15)19-22(3)16-12-8-9-13-17(16)24-19/h5-13H,2,4H2,1,3H3/b19-18+,21-20?. The van der Waals surface area contributed by atoms with Gasteiger partial charge in [0.15, 0.2) is 4.80 Å². The largest absolute Gasteiger partial charge is 0.337 e. The average Bonchev–Trinajstić information content (AvgIpc) is 3.13. The Hall–Kier alpha value is -2.24. The first-order chi connectivity index (χ1) is 12.2. The minimum Gasteiger partial charge on any atom is -0.337 e. The summed E-state index contributed by atoms with van der Waals surface area (Å²) in [5.41, 5.74) is 2.22. The lowest BCUT2D eigenvalue weighted by Crippen LogP contribution is -2.33. The molecule has 126 valence electrons. The van der Waals surface area contributed by atoms with Crippen LogP contribution in [0.2, 0.25) is 0 Å². The first-order valence-corrected chi connectivity index (χ1v) is 9.85. The Morgan fingerprint density at radius 3 is 2.48 bits per heavy atom. The zero-order chi connectivity index (χ0) is 17.4. The van der Waals surface area contributed by atoms with Crippen molar-refractivity contribution >= 4 is 46.1 Å². The molecule has 0 saturated carbocycles. The summed E-state index contributed by atoms with van der Waals surface area (Å²) in [5, 5.41) is 2.26. The van der Waals surface area contributed by atoms with Gasteiger partial charge in [-0.1, -0.05) is 60.0 Å².